The Balaban J connectivity index is 1.71. The van der Waals surface area contributed by atoms with E-state index in [0.29, 0.717) is 17.1 Å². The molecule has 1 N–H and O–H groups in total. The van der Waals surface area contributed by atoms with Gasteiger partial charge in [0.2, 0.25) is 0 Å². The molecule has 0 atom stereocenters. The van der Waals surface area contributed by atoms with Gasteiger partial charge in [0.1, 0.15) is 5.82 Å². The van der Waals surface area contributed by atoms with Crippen molar-refractivity contribution in [3.8, 4) is 0 Å². The molecule has 2 rings (SSSR count). The Bertz CT molecular complexity index is 355. The molecule has 0 heterocycles. The third-order valence-electron chi connectivity index (χ3n) is 3.82. The lowest BCUT2D eigenvalue weighted by molar-refractivity contribution is 0.333. The summed E-state index contributed by atoms with van der Waals surface area (Å²) < 4.78 is 13.5. The lowest BCUT2D eigenvalue weighted by atomic mass is 9.87. The van der Waals surface area contributed by atoms with Gasteiger partial charge in [-0.15, -0.1) is 0 Å². The molecule has 1 aromatic carbocycles. The molecule has 1 aliphatic carbocycles. The first-order valence-electron chi connectivity index (χ1n) is 6.91. The number of benzene rings is 1. The van der Waals surface area contributed by atoms with E-state index in [0.717, 1.165) is 12.5 Å². The van der Waals surface area contributed by atoms with Crippen LogP contribution in [0.4, 0.5) is 4.39 Å². The van der Waals surface area contributed by atoms with E-state index in [4.69, 9.17) is 11.6 Å². The Morgan fingerprint density at radius 2 is 2.00 bits per heavy atom. The van der Waals surface area contributed by atoms with Crippen LogP contribution < -0.4 is 5.32 Å². The molecule has 1 saturated carbocycles. The summed E-state index contributed by atoms with van der Waals surface area (Å²) in [5, 5.41) is 3.82. The van der Waals surface area contributed by atoms with E-state index >= 15 is 0 Å². The van der Waals surface area contributed by atoms with Crippen LogP contribution in [0.25, 0.3) is 0 Å². The van der Waals surface area contributed by atoms with Gasteiger partial charge in [0, 0.05) is 17.1 Å². The van der Waals surface area contributed by atoms with Crippen LogP contribution in [0.15, 0.2) is 18.2 Å². The van der Waals surface area contributed by atoms with E-state index in [9.17, 15) is 4.39 Å². The van der Waals surface area contributed by atoms with Crippen LogP contribution in [0.5, 0.6) is 0 Å². The number of hydrogen-bond donors (Lipinski definition) is 1. The number of nitrogens with one attached hydrogen (secondary N) is 1. The highest BCUT2D eigenvalue weighted by Crippen LogP contribution is 2.26. The van der Waals surface area contributed by atoms with Crippen molar-refractivity contribution in [3.63, 3.8) is 0 Å². The van der Waals surface area contributed by atoms with Crippen molar-refractivity contribution in [1.29, 1.82) is 0 Å². The maximum Gasteiger partial charge on any atom is 0.129 e. The van der Waals surface area contributed by atoms with Crippen LogP contribution in [0.2, 0.25) is 5.02 Å². The number of rotatable bonds is 5. The molecule has 0 spiro atoms. The van der Waals surface area contributed by atoms with Crippen molar-refractivity contribution < 1.29 is 4.39 Å². The second-order valence-electron chi connectivity index (χ2n) is 5.17. The van der Waals surface area contributed by atoms with Crippen LogP contribution in [0.3, 0.4) is 0 Å². The van der Waals surface area contributed by atoms with Crippen LogP contribution in [0.1, 0.15) is 44.1 Å². The zero-order chi connectivity index (χ0) is 12.8. The highest BCUT2D eigenvalue weighted by atomic mass is 35.5. The fourth-order valence-electron chi connectivity index (χ4n) is 2.70. The Labute approximate surface area is 114 Å². The van der Waals surface area contributed by atoms with Crippen molar-refractivity contribution in [1.82, 2.24) is 5.32 Å². The second-order valence-corrected chi connectivity index (χ2v) is 5.58. The minimum Gasteiger partial charge on any atom is -0.313 e. The molecule has 100 valence electrons. The number of hydrogen-bond acceptors (Lipinski definition) is 1. The summed E-state index contributed by atoms with van der Waals surface area (Å²) >= 11 is 5.98. The molecule has 1 fully saturated rings. The summed E-state index contributed by atoms with van der Waals surface area (Å²) in [6.45, 7) is 1.48. The van der Waals surface area contributed by atoms with Gasteiger partial charge in [0.15, 0.2) is 0 Å². The minimum atomic E-state index is -0.215. The van der Waals surface area contributed by atoms with Gasteiger partial charge in [-0.3, -0.25) is 0 Å². The molecule has 3 heteroatoms. The largest absolute Gasteiger partial charge is 0.313 e. The molecule has 0 aliphatic heterocycles. The molecular formula is C15H21ClFN. The maximum absolute atomic E-state index is 13.5. The van der Waals surface area contributed by atoms with Crippen molar-refractivity contribution in [2.75, 3.05) is 6.54 Å². The van der Waals surface area contributed by atoms with Gasteiger partial charge >= 0.3 is 0 Å². The van der Waals surface area contributed by atoms with Crippen molar-refractivity contribution in [2.45, 2.75) is 45.1 Å². The summed E-state index contributed by atoms with van der Waals surface area (Å²) in [7, 11) is 0. The predicted octanol–water partition coefficient (Wildman–Crippen LogP) is 4.54. The summed E-state index contributed by atoms with van der Waals surface area (Å²) in [5.41, 5.74) is 0.586. The minimum absolute atomic E-state index is 0.215. The first-order chi connectivity index (χ1) is 8.77. The molecule has 0 radical (unpaired) electrons. The van der Waals surface area contributed by atoms with Gasteiger partial charge < -0.3 is 5.32 Å². The zero-order valence-corrected chi connectivity index (χ0v) is 11.5. The van der Waals surface area contributed by atoms with Crippen molar-refractivity contribution in [2.24, 2.45) is 5.92 Å². The summed E-state index contributed by atoms with van der Waals surface area (Å²) in [5.74, 6) is 0.648. The Kier molecular flexibility index (Phi) is 5.45. The van der Waals surface area contributed by atoms with E-state index in [1.165, 1.54) is 44.6 Å². The average molecular weight is 270 g/mol. The predicted molar refractivity (Wildman–Crippen MR) is 74.3 cm³/mol. The highest BCUT2D eigenvalue weighted by molar-refractivity contribution is 6.31. The van der Waals surface area contributed by atoms with Gasteiger partial charge in [0.05, 0.1) is 0 Å². The Hall–Kier alpha value is -0.600. The molecule has 0 bridgehead atoms. The molecule has 0 unspecified atom stereocenters. The van der Waals surface area contributed by atoms with E-state index in [1.807, 2.05) is 0 Å². The molecule has 0 saturated heterocycles. The van der Waals surface area contributed by atoms with Crippen LogP contribution >= 0.6 is 11.6 Å². The van der Waals surface area contributed by atoms with Gasteiger partial charge in [-0.25, -0.2) is 4.39 Å². The quantitative estimate of drug-likeness (QED) is 0.774. The van der Waals surface area contributed by atoms with Crippen LogP contribution in [-0.4, -0.2) is 6.54 Å². The van der Waals surface area contributed by atoms with Crippen molar-refractivity contribution >= 4 is 11.6 Å². The molecule has 1 nitrogen and oxygen atoms in total. The van der Waals surface area contributed by atoms with Gasteiger partial charge in [-0.2, -0.15) is 0 Å². The Morgan fingerprint density at radius 3 is 2.72 bits per heavy atom. The smallest absolute Gasteiger partial charge is 0.129 e. The Morgan fingerprint density at radius 1 is 1.22 bits per heavy atom. The van der Waals surface area contributed by atoms with Gasteiger partial charge in [-0.1, -0.05) is 49.8 Å². The van der Waals surface area contributed by atoms with E-state index in [2.05, 4.69) is 5.32 Å². The average Bonchev–Trinajstić information content (AvgIpc) is 2.38. The van der Waals surface area contributed by atoms with E-state index < -0.39 is 0 Å². The summed E-state index contributed by atoms with van der Waals surface area (Å²) in [6, 6.07) is 4.84. The zero-order valence-electron chi connectivity index (χ0n) is 10.7. The first kappa shape index (κ1) is 13.8. The standard InChI is InChI=1S/C15H21ClFN/c16-14-7-4-8-15(17)13(14)11-18-10-9-12-5-2-1-3-6-12/h4,7-8,12,18H,1-3,5-6,9-11H2. The maximum atomic E-state index is 13.5. The topological polar surface area (TPSA) is 12.0 Å². The van der Waals surface area contributed by atoms with E-state index in [-0.39, 0.29) is 5.82 Å². The van der Waals surface area contributed by atoms with Crippen LogP contribution in [0, 0.1) is 11.7 Å². The molecule has 18 heavy (non-hydrogen) atoms. The number of halogens is 2. The molecule has 1 aromatic rings. The first-order valence-corrected chi connectivity index (χ1v) is 7.29. The molecule has 0 amide bonds. The molecular weight excluding hydrogens is 249 g/mol. The third kappa shape index (κ3) is 3.96. The highest BCUT2D eigenvalue weighted by Gasteiger charge is 2.13. The second kappa shape index (κ2) is 7.10. The summed E-state index contributed by atoms with van der Waals surface area (Å²) in [6.07, 6.45) is 8.08. The SMILES string of the molecule is Fc1cccc(Cl)c1CNCCC1CCCCC1. The summed E-state index contributed by atoms with van der Waals surface area (Å²) in [4.78, 5) is 0. The van der Waals surface area contributed by atoms with Crippen molar-refractivity contribution in [3.05, 3.63) is 34.6 Å². The molecule has 0 aromatic heterocycles. The fraction of sp³-hybridized carbons (Fsp3) is 0.600. The molecule has 1 aliphatic rings. The van der Waals surface area contributed by atoms with Crippen LogP contribution in [-0.2, 0) is 6.54 Å². The van der Waals surface area contributed by atoms with Gasteiger partial charge in [0.25, 0.3) is 0 Å². The monoisotopic (exact) mass is 269 g/mol. The lowest BCUT2D eigenvalue weighted by Gasteiger charge is -2.21. The van der Waals surface area contributed by atoms with E-state index in [1.54, 1.807) is 12.1 Å². The lowest BCUT2D eigenvalue weighted by Crippen LogP contribution is -2.19. The fourth-order valence-corrected chi connectivity index (χ4v) is 2.93. The van der Waals surface area contributed by atoms with Gasteiger partial charge in [-0.05, 0) is 31.0 Å². The third-order valence-corrected chi connectivity index (χ3v) is 4.17. The normalized spacial score (nSPS) is 17.0.